The maximum absolute atomic E-state index is 12.4. The Hall–Kier alpha value is -2.80. The van der Waals surface area contributed by atoms with Crippen LogP contribution in [0.15, 0.2) is 42.0 Å². The lowest BCUT2D eigenvalue weighted by atomic mass is 10.1. The van der Waals surface area contributed by atoms with Crippen molar-refractivity contribution in [3.63, 3.8) is 0 Å². The Kier molecular flexibility index (Phi) is 4.02. The molecular formula is C17H21N5O2. The summed E-state index contributed by atoms with van der Waals surface area (Å²) in [6, 6.07) is 7.64. The van der Waals surface area contributed by atoms with Crippen LogP contribution in [0.2, 0.25) is 0 Å². The quantitative estimate of drug-likeness (QED) is 0.645. The molecule has 0 amide bonds. The number of ether oxygens (including phenoxy) is 1. The zero-order chi connectivity index (χ0) is 17.4. The lowest BCUT2D eigenvalue weighted by Gasteiger charge is -2.22. The van der Waals surface area contributed by atoms with Crippen molar-refractivity contribution in [2.75, 3.05) is 5.01 Å². The van der Waals surface area contributed by atoms with Crippen LogP contribution in [-0.4, -0.2) is 21.6 Å². The minimum atomic E-state index is -0.448. The van der Waals surface area contributed by atoms with Crippen LogP contribution < -0.4 is 16.6 Å². The van der Waals surface area contributed by atoms with E-state index < -0.39 is 5.97 Å². The maximum atomic E-state index is 12.4. The summed E-state index contributed by atoms with van der Waals surface area (Å²) in [5, 5.41) is 1.56. The number of fused-ring (bicyclic) bond motifs is 3. The van der Waals surface area contributed by atoms with Gasteiger partial charge in [0.1, 0.15) is 6.33 Å². The molecule has 2 heterocycles. The fourth-order valence-electron chi connectivity index (χ4n) is 2.78. The third-order valence-electron chi connectivity index (χ3n) is 3.88. The minimum Gasteiger partial charge on any atom is -0.458 e. The van der Waals surface area contributed by atoms with Crippen LogP contribution in [0, 0.1) is 0 Å². The third-order valence-corrected chi connectivity index (χ3v) is 3.88. The van der Waals surface area contributed by atoms with Crippen molar-refractivity contribution in [1.29, 1.82) is 0 Å². The first kappa shape index (κ1) is 16.1. The average molecular weight is 327 g/mol. The Bertz CT molecular complexity index is 818. The van der Waals surface area contributed by atoms with E-state index in [0.29, 0.717) is 17.8 Å². The van der Waals surface area contributed by atoms with Gasteiger partial charge in [0.05, 0.1) is 28.9 Å². The Balaban J connectivity index is 2.20. The summed E-state index contributed by atoms with van der Waals surface area (Å²) < 4.78 is 7.17. The second-order valence-electron chi connectivity index (χ2n) is 6.03. The summed E-state index contributed by atoms with van der Waals surface area (Å²) in [5.41, 5.74) is 9.96. The van der Waals surface area contributed by atoms with Gasteiger partial charge in [-0.25, -0.2) is 15.6 Å². The Morgan fingerprint density at radius 2 is 1.96 bits per heavy atom. The standard InChI is InChI=1S/C17H21N5O2/c1-10(2)24-17(23)16-15-8-14(11(3)18)22(19)13-7-5-4-6-12(13)21(15)9-20-16/h4-7,9-10H,8,18-19H2,1-3H3/b14-11-. The van der Waals surface area contributed by atoms with Gasteiger partial charge in [0.25, 0.3) is 0 Å². The third kappa shape index (κ3) is 2.63. The summed E-state index contributed by atoms with van der Waals surface area (Å²) in [6.07, 6.45) is 1.79. The first-order chi connectivity index (χ1) is 11.4. The topological polar surface area (TPSA) is 99.4 Å². The first-order valence-electron chi connectivity index (χ1n) is 7.76. The second-order valence-corrected chi connectivity index (χ2v) is 6.03. The number of rotatable bonds is 2. The van der Waals surface area contributed by atoms with Crippen LogP contribution >= 0.6 is 0 Å². The molecule has 2 aromatic rings. The monoisotopic (exact) mass is 327 g/mol. The van der Waals surface area contributed by atoms with E-state index in [2.05, 4.69) is 4.98 Å². The number of hydrogen-bond donors (Lipinski definition) is 2. The molecule has 0 saturated heterocycles. The van der Waals surface area contributed by atoms with Gasteiger partial charge in [-0.15, -0.1) is 0 Å². The van der Waals surface area contributed by atoms with E-state index in [1.807, 2.05) is 28.8 Å². The van der Waals surface area contributed by atoms with E-state index in [1.165, 1.54) is 0 Å². The molecule has 0 aliphatic carbocycles. The van der Waals surface area contributed by atoms with E-state index in [4.69, 9.17) is 16.3 Å². The highest BCUT2D eigenvalue weighted by molar-refractivity contribution is 5.89. The highest BCUT2D eigenvalue weighted by Gasteiger charge is 2.28. The van der Waals surface area contributed by atoms with Gasteiger partial charge in [-0.2, -0.15) is 0 Å². The lowest BCUT2D eigenvalue weighted by Crippen LogP contribution is -2.32. The number of aromatic nitrogens is 2. The highest BCUT2D eigenvalue weighted by atomic mass is 16.5. The van der Waals surface area contributed by atoms with Crippen LogP contribution in [0.25, 0.3) is 5.69 Å². The Morgan fingerprint density at radius 3 is 2.58 bits per heavy atom. The molecule has 3 rings (SSSR count). The van der Waals surface area contributed by atoms with Gasteiger partial charge in [0, 0.05) is 12.1 Å². The van der Waals surface area contributed by atoms with E-state index in [1.54, 1.807) is 32.1 Å². The van der Waals surface area contributed by atoms with Gasteiger partial charge in [0.2, 0.25) is 0 Å². The molecule has 1 aromatic carbocycles. The van der Waals surface area contributed by atoms with E-state index in [-0.39, 0.29) is 11.8 Å². The molecule has 7 heteroatoms. The van der Waals surface area contributed by atoms with Crippen molar-refractivity contribution < 1.29 is 9.53 Å². The molecule has 126 valence electrons. The van der Waals surface area contributed by atoms with Crippen molar-refractivity contribution in [1.82, 2.24) is 9.55 Å². The van der Waals surface area contributed by atoms with Gasteiger partial charge < -0.3 is 10.5 Å². The predicted octanol–water partition coefficient (Wildman–Crippen LogP) is 1.86. The minimum absolute atomic E-state index is 0.217. The zero-order valence-corrected chi connectivity index (χ0v) is 14.0. The van der Waals surface area contributed by atoms with Crippen molar-refractivity contribution in [3.8, 4) is 5.69 Å². The number of anilines is 1. The van der Waals surface area contributed by atoms with Crippen molar-refractivity contribution in [2.24, 2.45) is 11.6 Å². The van der Waals surface area contributed by atoms with E-state index in [9.17, 15) is 4.79 Å². The first-order valence-corrected chi connectivity index (χ1v) is 7.76. The number of hydrogen-bond acceptors (Lipinski definition) is 6. The van der Waals surface area contributed by atoms with Crippen LogP contribution in [0.1, 0.15) is 37.0 Å². The predicted molar refractivity (Wildman–Crippen MR) is 91.4 cm³/mol. The zero-order valence-electron chi connectivity index (χ0n) is 14.0. The van der Waals surface area contributed by atoms with Gasteiger partial charge in [-0.05, 0) is 32.9 Å². The highest BCUT2D eigenvalue weighted by Crippen LogP contribution is 2.33. The molecule has 0 spiro atoms. The number of carbonyl (C=O) groups excluding carboxylic acids is 1. The number of para-hydroxylation sites is 2. The molecule has 24 heavy (non-hydrogen) atoms. The van der Waals surface area contributed by atoms with E-state index >= 15 is 0 Å². The molecule has 0 atom stereocenters. The molecule has 4 N–H and O–H groups in total. The van der Waals surface area contributed by atoms with Crippen molar-refractivity contribution in [2.45, 2.75) is 33.3 Å². The molecule has 7 nitrogen and oxygen atoms in total. The van der Waals surface area contributed by atoms with Gasteiger partial charge >= 0.3 is 5.97 Å². The summed E-state index contributed by atoms with van der Waals surface area (Å²) in [7, 11) is 0. The summed E-state index contributed by atoms with van der Waals surface area (Å²) in [5.74, 6) is 5.83. The maximum Gasteiger partial charge on any atom is 0.359 e. The molecule has 0 radical (unpaired) electrons. The summed E-state index contributed by atoms with van der Waals surface area (Å²) in [4.78, 5) is 16.7. The van der Waals surface area contributed by atoms with Crippen LogP contribution in [0.4, 0.5) is 5.69 Å². The van der Waals surface area contributed by atoms with Gasteiger partial charge in [-0.1, -0.05) is 12.1 Å². The second kappa shape index (κ2) is 6.01. The molecule has 0 fully saturated rings. The molecule has 1 aromatic heterocycles. The smallest absolute Gasteiger partial charge is 0.359 e. The van der Waals surface area contributed by atoms with E-state index in [0.717, 1.165) is 17.1 Å². The number of hydrazine groups is 1. The number of allylic oxidation sites excluding steroid dienone is 2. The molecule has 1 aliphatic heterocycles. The van der Waals surface area contributed by atoms with Crippen molar-refractivity contribution in [3.05, 3.63) is 53.4 Å². The molecule has 0 bridgehead atoms. The summed E-state index contributed by atoms with van der Waals surface area (Å²) >= 11 is 0. The number of nitrogens with two attached hydrogens (primary N) is 2. The fourth-order valence-corrected chi connectivity index (χ4v) is 2.78. The normalized spacial score (nSPS) is 15.6. The number of carbonyl (C=O) groups is 1. The Labute approximate surface area is 140 Å². The number of imidazole rings is 1. The SMILES string of the molecule is C/C(N)=C1\Cc2c(C(=O)OC(C)C)ncn2-c2ccccc2N1N. The van der Waals surface area contributed by atoms with Crippen molar-refractivity contribution >= 4 is 11.7 Å². The van der Waals surface area contributed by atoms with Gasteiger partial charge in [0.15, 0.2) is 5.69 Å². The van der Waals surface area contributed by atoms with Crippen LogP contribution in [0.5, 0.6) is 0 Å². The molecular weight excluding hydrogens is 306 g/mol. The van der Waals surface area contributed by atoms with Gasteiger partial charge in [-0.3, -0.25) is 9.58 Å². The molecule has 1 aliphatic rings. The van der Waals surface area contributed by atoms with Crippen LogP contribution in [0.3, 0.4) is 0 Å². The molecule has 0 unspecified atom stereocenters. The summed E-state index contributed by atoms with van der Waals surface area (Å²) in [6.45, 7) is 5.40. The largest absolute Gasteiger partial charge is 0.458 e. The number of esters is 1. The number of benzene rings is 1. The fraction of sp³-hybridized carbons (Fsp3) is 0.294. The lowest BCUT2D eigenvalue weighted by molar-refractivity contribution is 0.0370. The van der Waals surface area contributed by atoms with Crippen LogP contribution in [-0.2, 0) is 11.2 Å². The average Bonchev–Trinajstić information content (AvgIpc) is 2.89. The molecule has 0 saturated carbocycles. The Morgan fingerprint density at radius 1 is 1.29 bits per heavy atom. The number of nitrogens with zero attached hydrogens (tertiary/aromatic N) is 3.